The van der Waals surface area contributed by atoms with Gasteiger partial charge in [-0.15, -0.1) is 0 Å². The molecule has 1 fully saturated rings. The summed E-state index contributed by atoms with van der Waals surface area (Å²) in [7, 11) is 0. The van der Waals surface area contributed by atoms with E-state index >= 15 is 0 Å². The van der Waals surface area contributed by atoms with Crippen LogP contribution in [0.25, 0.3) is 22.2 Å². The summed E-state index contributed by atoms with van der Waals surface area (Å²) >= 11 is 0. The molecule has 206 valence electrons. The highest BCUT2D eigenvalue weighted by atomic mass is 16.6. The number of anilines is 2. The van der Waals surface area contributed by atoms with Gasteiger partial charge in [0.05, 0.1) is 17.3 Å². The van der Waals surface area contributed by atoms with Crippen LogP contribution < -0.4 is 10.1 Å². The van der Waals surface area contributed by atoms with Crippen LogP contribution >= 0.6 is 0 Å². The number of carbonyl (C=O) groups is 1. The van der Waals surface area contributed by atoms with E-state index in [1.54, 1.807) is 17.3 Å². The highest BCUT2D eigenvalue weighted by molar-refractivity contribution is 5.83. The number of amides is 1. The van der Waals surface area contributed by atoms with Gasteiger partial charge in [-0.3, -0.25) is 0 Å². The van der Waals surface area contributed by atoms with Gasteiger partial charge in [-0.2, -0.15) is 0 Å². The van der Waals surface area contributed by atoms with Gasteiger partial charge in [0.2, 0.25) is 5.95 Å². The number of rotatable bonds is 5. The van der Waals surface area contributed by atoms with Crippen molar-refractivity contribution < 1.29 is 23.8 Å². The first kappa shape index (κ1) is 27.0. The summed E-state index contributed by atoms with van der Waals surface area (Å²) in [5, 5.41) is 13.3. The summed E-state index contributed by atoms with van der Waals surface area (Å²) in [6.45, 7) is 6.38. The van der Waals surface area contributed by atoms with Crippen molar-refractivity contribution in [3.8, 4) is 28.9 Å². The fraction of sp³-hybridized carbons (Fsp3) is 0.333. The maximum atomic E-state index is 12.4. The number of aliphatic hydroxyl groups excluding tert-OH is 1. The lowest BCUT2D eigenvalue weighted by Crippen LogP contribution is -2.44. The Balaban J connectivity index is 1.34. The summed E-state index contributed by atoms with van der Waals surface area (Å²) in [6.07, 6.45) is 5.66. The minimum Gasteiger partial charge on any atom is -0.489 e. The van der Waals surface area contributed by atoms with Crippen molar-refractivity contribution in [1.29, 1.82) is 0 Å². The van der Waals surface area contributed by atoms with Crippen LogP contribution in [0.2, 0.25) is 0 Å². The highest BCUT2D eigenvalue weighted by Gasteiger charge is 2.28. The maximum Gasteiger partial charge on any atom is 0.410 e. The number of benzene rings is 2. The highest BCUT2D eigenvalue weighted by Crippen LogP contribution is 2.29. The van der Waals surface area contributed by atoms with E-state index in [0.717, 1.165) is 16.6 Å². The Bertz CT molecular complexity index is 1540. The SMILES string of the molecule is CC(C)(C)OC(=O)N1CCC(Oc2cc3nc(Nc4cccc(-c5cnco5)c4)ncc3cc2C#CCO)CC1. The average molecular weight is 542 g/mol. The van der Waals surface area contributed by atoms with E-state index in [9.17, 15) is 9.90 Å². The van der Waals surface area contributed by atoms with Crippen LogP contribution in [0.3, 0.4) is 0 Å². The Hall–Kier alpha value is -4.62. The van der Waals surface area contributed by atoms with Crippen molar-refractivity contribution >= 4 is 28.6 Å². The molecule has 2 aromatic carbocycles. The van der Waals surface area contributed by atoms with E-state index < -0.39 is 5.60 Å². The number of aliphatic hydroxyl groups is 1. The van der Waals surface area contributed by atoms with Crippen LogP contribution in [-0.4, -0.2) is 62.5 Å². The molecular weight excluding hydrogens is 510 g/mol. The number of fused-ring (bicyclic) bond motifs is 1. The first-order chi connectivity index (χ1) is 19.3. The molecule has 4 aromatic rings. The molecule has 10 nitrogen and oxygen atoms in total. The van der Waals surface area contributed by atoms with Crippen LogP contribution in [0, 0.1) is 11.8 Å². The predicted molar refractivity (Wildman–Crippen MR) is 150 cm³/mol. The van der Waals surface area contributed by atoms with Crippen molar-refractivity contribution in [2.75, 3.05) is 25.0 Å². The van der Waals surface area contributed by atoms with Gasteiger partial charge in [-0.05, 0) is 39.0 Å². The zero-order valence-corrected chi connectivity index (χ0v) is 22.7. The largest absolute Gasteiger partial charge is 0.489 e. The summed E-state index contributed by atoms with van der Waals surface area (Å²) < 4.78 is 17.3. The molecule has 2 aromatic heterocycles. The van der Waals surface area contributed by atoms with Crippen LogP contribution in [-0.2, 0) is 4.74 Å². The number of aromatic nitrogens is 3. The van der Waals surface area contributed by atoms with E-state index in [0.29, 0.717) is 54.5 Å². The lowest BCUT2D eigenvalue weighted by Gasteiger charge is -2.33. The van der Waals surface area contributed by atoms with Crippen molar-refractivity contribution in [3.63, 3.8) is 0 Å². The number of piperidine rings is 1. The van der Waals surface area contributed by atoms with Crippen molar-refractivity contribution in [2.45, 2.75) is 45.3 Å². The van der Waals surface area contributed by atoms with E-state index in [1.165, 1.54) is 6.39 Å². The van der Waals surface area contributed by atoms with Gasteiger partial charge in [0.25, 0.3) is 0 Å². The molecule has 2 N–H and O–H groups in total. The number of carbonyl (C=O) groups excluding carboxylic acids is 1. The number of hydrogen-bond acceptors (Lipinski definition) is 9. The fourth-order valence-electron chi connectivity index (χ4n) is 4.35. The number of nitrogens with zero attached hydrogens (tertiary/aromatic N) is 4. The van der Waals surface area contributed by atoms with E-state index in [-0.39, 0.29) is 18.8 Å². The fourth-order valence-corrected chi connectivity index (χ4v) is 4.35. The van der Waals surface area contributed by atoms with Gasteiger partial charge in [-0.25, -0.2) is 19.7 Å². The zero-order chi connectivity index (χ0) is 28.1. The lowest BCUT2D eigenvalue weighted by atomic mass is 10.1. The summed E-state index contributed by atoms with van der Waals surface area (Å²) in [5.41, 5.74) is 2.46. The van der Waals surface area contributed by atoms with Crippen LogP contribution in [0.1, 0.15) is 39.2 Å². The first-order valence-electron chi connectivity index (χ1n) is 13.1. The maximum absolute atomic E-state index is 12.4. The van der Waals surface area contributed by atoms with Crippen molar-refractivity contribution in [3.05, 3.63) is 60.7 Å². The van der Waals surface area contributed by atoms with Gasteiger partial charge < -0.3 is 29.2 Å². The molecule has 1 saturated heterocycles. The number of nitrogens with one attached hydrogen (secondary N) is 1. The van der Waals surface area contributed by atoms with E-state index in [1.807, 2.05) is 57.2 Å². The molecule has 1 amide bonds. The molecular formula is C30H31N5O5. The second kappa shape index (κ2) is 11.6. The number of hydrogen-bond donors (Lipinski definition) is 2. The molecule has 0 radical (unpaired) electrons. The van der Waals surface area contributed by atoms with Crippen molar-refractivity contribution in [1.82, 2.24) is 19.9 Å². The Kier molecular flexibility index (Phi) is 7.84. The molecule has 0 unspecified atom stereocenters. The molecule has 40 heavy (non-hydrogen) atoms. The molecule has 1 aliphatic heterocycles. The van der Waals surface area contributed by atoms with Crippen molar-refractivity contribution in [2.24, 2.45) is 0 Å². The summed E-state index contributed by atoms with van der Waals surface area (Å²) in [6, 6.07) is 11.4. The number of oxazole rings is 1. The summed E-state index contributed by atoms with van der Waals surface area (Å²) in [5.74, 6) is 7.34. The van der Waals surface area contributed by atoms with Gasteiger partial charge in [0.15, 0.2) is 12.2 Å². The standard InChI is InChI=1S/C30H31N5O5/c1-30(2,3)40-29(37)35-11-9-24(10-12-35)39-26-16-25-22(14-20(26)7-5-13-36)17-32-28(34-25)33-23-8-4-6-21(15-23)27-18-31-19-38-27/h4,6,8,14-19,24,36H,9-13H2,1-3H3,(H,32,33,34). The topological polar surface area (TPSA) is 123 Å². The minimum absolute atomic E-state index is 0.107. The normalized spacial score (nSPS) is 13.9. The smallest absolute Gasteiger partial charge is 0.410 e. The molecule has 0 atom stereocenters. The van der Waals surface area contributed by atoms with Gasteiger partial charge >= 0.3 is 6.09 Å². The van der Waals surface area contributed by atoms with Crippen LogP contribution in [0.4, 0.5) is 16.4 Å². The van der Waals surface area contributed by atoms with Crippen LogP contribution in [0.5, 0.6) is 5.75 Å². The Morgan fingerprint density at radius 1 is 1.20 bits per heavy atom. The second-order valence-electron chi connectivity index (χ2n) is 10.4. The Morgan fingerprint density at radius 2 is 2.02 bits per heavy atom. The first-order valence-corrected chi connectivity index (χ1v) is 13.1. The lowest BCUT2D eigenvalue weighted by molar-refractivity contribution is 0.0126. The third kappa shape index (κ3) is 6.68. The molecule has 3 heterocycles. The third-order valence-corrected chi connectivity index (χ3v) is 6.21. The summed E-state index contributed by atoms with van der Waals surface area (Å²) in [4.78, 5) is 27.3. The number of likely N-dealkylation sites (tertiary alicyclic amines) is 1. The molecule has 10 heteroatoms. The average Bonchev–Trinajstić information content (AvgIpc) is 3.47. The number of ether oxygens (including phenoxy) is 2. The Morgan fingerprint density at radius 3 is 2.75 bits per heavy atom. The minimum atomic E-state index is -0.537. The second-order valence-corrected chi connectivity index (χ2v) is 10.4. The van der Waals surface area contributed by atoms with E-state index in [2.05, 4.69) is 27.1 Å². The van der Waals surface area contributed by atoms with Gasteiger partial charge in [0.1, 0.15) is 24.1 Å². The van der Waals surface area contributed by atoms with Gasteiger partial charge in [-0.1, -0.05) is 24.0 Å². The Labute approximate surface area is 232 Å². The molecule has 0 aliphatic carbocycles. The quantitative estimate of drug-likeness (QED) is 0.330. The molecule has 0 spiro atoms. The van der Waals surface area contributed by atoms with Gasteiger partial charge in [0, 0.05) is 54.8 Å². The molecule has 1 aliphatic rings. The predicted octanol–water partition coefficient (Wildman–Crippen LogP) is 5.15. The van der Waals surface area contributed by atoms with E-state index in [4.69, 9.17) is 18.9 Å². The molecule has 0 saturated carbocycles. The zero-order valence-electron chi connectivity index (χ0n) is 22.7. The monoisotopic (exact) mass is 541 g/mol. The third-order valence-electron chi connectivity index (χ3n) is 6.21. The van der Waals surface area contributed by atoms with Crippen LogP contribution in [0.15, 0.2) is 59.6 Å². The molecule has 5 rings (SSSR count). The molecule has 0 bridgehead atoms.